The van der Waals surface area contributed by atoms with Crippen LogP contribution in [0.1, 0.15) is 84.0 Å². The van der Waals surface area contributed by atoms with E-state index in [-0.39, 0.29) is 12.4 Å². The number of anilines is 1. The second kappa shape index (κ2) is 14.9. The molecule has 1 unspecified atom stereocenters. The fourth-order valence-corrected chi connectivity index (χ4v) is 2.89. The van der Waals surface area contributed by atoms with Gasteiger partial charge in [0.15, 0.2) is 0 Å². The van der Waals surface area contributed by atoms with Crippen LogP contribution in [0.3, 0.4) is 0 Å². The first-order chi connectivity index (χ1) is 13.1. The molecule has 0 fully saturated rings. The lowest BCUT2D eigenvalue weighted by atomic mass is 10.0. The van der Waals surface area contributed by atoms with Gasteiger partial charge in [0.05, 0.1) is 5.92 Å². The number of aromatic amines is 1. The molecule has 7 nitrogen and oxygen atoms in total. The van der Waals surface area contributed by atoms with Crippen LogP contribution in [0, 0.1) is 5.92 Å². The number of aliphatic carboxylic acids is 1. The minimum Gasteiger partial charge on any atom is -0.481 e. The zero-order chi connectivity index (χ0) is 19.7. The predicted molar refractivity (Wildman–Crippen MR) is 106 cm³/mol. The molecule has 0 bridgehead atoms. The quantitative estimate of drug-likeness (QED) is 0.285. The van der Waals surface area contributed by atoms with Crippen LogP contribution in [0.25, 0.3) is 0 Å². The molecule has 0 saturated heterocycles. The monoisotopic (exact) mass is 378 g/mol. The molecule has 0 aliphatic heterocycles. The van der Waals surface area contributed by atoms with Gasteiger partial charge < -0.3 is 5.11 Å². The van der Waals surface area contributed by atoms with Gasteiger partial charge in [-0.2, -0.15) is 0 Å². The van der Waals surface area contributed by atoms with E-state index in [1.54, 1.807) is 6.08 Å². The fourth-order valence-electron chi connectivity index (χ4n) is 2.89. The van der Waals surface area contributed by atoms with Crippen molar-refractivity contribution in [3.63, 3.8) is 0 Å². The Morgan fingerprint density at radius 2 is 1.74 bits per heavy atom. The summed E-state index contributed by atoms with van der Waals surface area (Å²) in [6, 6.07) is 0. The van der Waals surface area contributed by atoms with Gasteiger partial charge in [0.25, 0.3) is 0 Å². The van der Waals surface area contributed by atoms with Crippen molar-refractivity contribution in [1.82, 2.24) is 15.2 Å². The van der Waals surface area contributed by atoms with Crippen LogP contribution in [-0.4, -0.2) is 32.2 Å². The van der Waals surface area contributed by atoms with Crippen LogP contribution in [0.4, 0.5) is 5.95 Å². The summed E-state index contributed by atoms with van der Waals surface area (Å²) >= 11 is 0. The number of amides is 1. The highest BCUT2D eigenvalue weighted by Gasteiger charge is 2.18. The minimum absolute atomic E-state index is 0.127. The maximum absolute atomic E-state index is 11.8. The van der Waals surface area contributed by atoms with Crippen molar-refractivity contribution in [2.75, 3.05) is 5.32 Å². The van der Waals surface area contributed by atoms with E-state index in [2.05, 4.69) is 27.4 Å². The summed E-state index contributed by atoms with van der Waals surface area (Å²) in [6.07, 6.45) is 18.3. The Morgan fingerprint density at radius 3 is 2.30 bits per heavy atom. The van der Waals surface area contributed by atoms with Crippen LogP contribution in [-0.2, 0) is 9.59 Å². The zero-order valence-electron chi connectivity index (χ0n) is 16.5. The second-order valence-electron chi connectivity index (χ2n) is 6.92. The van der Waals surface area contributed by atoms with Gasteiger partial charge in [-0.05, 0) is 12.8 Å². The topological polar surface area (TPSA) is 108 Å². The van der Waals surface area contributed by atoms with Crippen molar-refractivity contribution in [1.29, 1.82) is 0 Å². The van der Waals surface area contributed by atoms with Crippen molar-refractivity contribution in [2.24, 2.45) is 5.92 Å². The molecule has 1 aromatic rings. The molecular formula is C20H34N4O3. The van der Waals surface area contributed by atoms with E-state index in [0.717, 1.165) is 12.8 Å². The number of carbonyl (C=O) groups is 2. The first-order valence-electron chi connectivity index (χ1n) is 10.2. The fraction of sp³-hybridized carbons (Fsp3) is 0.700. The molecule has 1 atom stereocenters. The van der Waals surface area contributed by atoms with E-state index in [4.69, 9.17) is 0 Å². The molecule has 1 amide bonds. The van der Waals surface area contributed by atoms with Crippen molar-refractivity contribution < 1.29 is 14.7 Å². The summed E-state index contributed by atoms with van der Waals surface area (Å²) in [5.41, 5.74) is 0. The van der Waals surface area contributed by atoms with Gasteiger partial charge in [-0.3, -0.25) is 20.0 Å². The molecule has 0 aliphatic rings. The Bertz CT molecular complexity index is 543. The van der Waals surface area contributed by atoms with Gasteiger partial charge in [0.1, 0.15) is 6.33 Å². The third kappa shape index (κ3) is 11.9. The van der Waals surface area contributed by atoms with Crippen molar-refractivity contribution in [3.8, 4) is 0 Å². The summed E-state index contributed by atoms with van der Waals surface area (Å²) in [4.78, 5) is 26.9. The van der Waals surface area contributed by atoms with Crippen molar-refractivity contribution >= 4 is 17.8 Å². The molecule has 0 saturated carbocycles. The normalized spacial score (nSPS) is 12.3. The molecule has 1 aromatic heterocycles. The molecule has 0 spiro atoms. The maximum Gasteiger partial charge on any atom is 0.310 e. The van der Waals surface area contributed by atoms with Gasteiger partial charge in [-0.15, -0.1) is 5.10 Å². The Balaban J connectivity index is 2.10. The number of allylic oxidation sites excluding steroid dienone is 1. The molecular weight excluding hydrogens is 344 g/mol. The molecule has 0 radical (unpaired) electrons. The number of carbonyl (C=O) groups excluding carboxylic acids is 1. The summed E-state index contributed by atoms with van der Waals surface area (Å²) in [5.74, 6) is -2.09. The Labute approximate surface area is 162 Å². The van der Waals surface area contributed by atoms with E-state index < -0.39 is 17.8 Å². The standard InChI is InChI=1S/C20H34N4O3/c1-2-3-4-5-6-7-8-9-10-11-12-13-14-17(19(26)27)15-18(25)23-20-21-16-22-24-20/h13-14,16-17H,2-12,15H2,1H3,(H,26,27)(H2,21,22,23,24,25). The van der Waals surface area contributed by atoms with Crippen LogP contribution < -0.4 is 5.32 Å². The van der Waals surface area contributed by atoms with Crippen LogP contribution in [0.15, 0.2) is 18.5 Å². The number of hydrogen-bond donors (Lipinski definition) is 3. The number of hydrogen-bond acceptors (Lipinski definition) is 4. The van der Waals surface area contributed by atoms with E-state index in [9.17, 15) is 14.7 Å². The lowest BCUT2D eigenvalue weighted by Crippen LogP contribution is -2.21. The molecule has 1 heterocycles. The number of carboxylic acids is 1. The number of nitrogens with zero attached hydrogens (tertiary/aromatic N) is 2. The molecule has 7 heteroatoms. The number of nitrogens with one attached hydrogen (secondary N) is 2. The predicted octanol–water partition coefficient (Wildman–Crippen LogP) is 4.70. The molecule has 3 N–H and O–H groups in total. The van der Waals surface area contributed by atoms with Gasteiger partial charge >= 0.3 is 5.97 Å². The van der Waals surface area contributed by atoms with Crippen LogP contribution in [0.5, 0.6) is 0 Å². The molecule has 27 heavy (non-hydrogen) atoms. The van der Waals surface area contributed by atoms with Gasteiger partial charge in [0, 0.05) is 6.42 Å². The average Bonchev–Trinajstić information content (AvgIpc) is 3.14. The van der Waals surface area contributed by atoms with E-state index in [1.807, 2.05) is 6.08 Å². The first kappa shape index (κ1) is 22.9. The van der Waals surface area contributed by atoms with Crippen molar-refractivity contribution in [2.45, 2.75) is 84.0 Å². The largest absolute Gasteiger partial charge is 0.481 e. The lowest BCUT2D eigenvalue weighted by Gasteiger charge is -2.07. The highest BCUT2D eigenvalue weighted by atomic mass is 16.4. The van der Waals surface area contributed by atoms with E-state index in [1.165, 1.54) is 64.1 Å². The summed E-state index contributed by atoms with van der Waals surface area (Å²) in [6.45, 7) is 2.24. The highest BCUT2D eigenvalue weighted by molar-refractivity contribution is 5.92. The highest BCUT2D eigenvalue weighted by Crippen LogP contribution is 2.13. The van der Waals surface area contributed by atoms with Crippen LogP contribution >= 0.6 is 0 Å². The Morgan fingerprint density at radius 1 is 1.11 bits per heavy atom. The smallest absolute Gasteiger partial charge is 0.310 e. The van der Waals surface area contributed by atoms with E-state index in [0.29, 0.717) is 0 Å². The first-order valence-corrected chi connectivity index (χ1v) is 10.2. The van der Waals surface area contributed by atoms with Gasteiger partial charge in [-0.25, -0.2) is 4.98 Å². The lowest BCUT2D eigenvalue weighted by molar-refractivity contribution is -0.141. The number of aromatic nitrogens is 3. The number of carboxylic acid groups (broad SMARTS) is 1. The van der Waals surface area contributed by atoms with Crippen LogP contribution in [0.2, 0.25) is 0 Å². The summed E-state index contributed by atoms with van der Waals surface area (Å²) in [7, 11) is 0. The third-order valence-electron chi connectivity index (χ3n) is 4.48. The molecule has 152 valence electrons. The Hall–Kier alpha value is -2.18. The molecule has 1 rings (SSSR count). The SMILES string of the molecule is CCCCCCCCCCCCC=CC(CC(=O)Nc1nc[nH]n1)C(=O)O. The maximum atomic E-state index is 11.8. The molecule has 0 aliphatic carbocycles. The van der Waals surface area contributed by atoms with Gasteiger partial charge in [0.2, 0.25) is 11.9 Å². The summed E-state index contributed by atoms with van der Waals surface area (Å²) < 4.78 is 0. The third-order valence-corrected chi connectivity index (χ3v) is 4.48. The second-order valence-corrected chi connectivity index (χ2v) is 6.92. The minimum atomic E-state index is -1.00. The van der Waals surface area contributed by atoms with Gasteiger partial charge in [-0.1, -0.05) is 76.9 Å². The van der Waals surface area contributed by atoms with E-state index >= 15 is 0 Å². The Kier molecular flexibility index (Phi) is 12.6. The van der Waals surface area contributed by atoms with Crippen molar-refractivity contribution in [3.05, 3.63) is 18.5 Å². The molecule has 0 aromatic carbocycles. The summed E-state index contributed by atoms with van der Waals surface area (Å²) in [5, 5.41) is 17.9. The number of unbranched alkanes of at least 4 members (excludes halogenated alkanes) is 10. The number of H-pyrrole nitrogens is 1. The number of rotatable bonds is 16. The average molecular weight is 379 g/mol. The zero-order valence-corrected chi connectivity index (χ0v) is 16.5.